The molecule has 0 aliphatic heterocycles. The summed E-state index contributed by atoms with van der Waals surface area (Å²) in [5.41, 5.74) is 0. The summed E-state index contributed by atoms with van der Waals surface area (Å²) >= 11 is 0. The first-order valence-electron chi connectivity index (χ1n) is 5.06. The van der Waals surface area contributed by atoms with Crippen molar-refractivity contribution in [2.75, 3.05) is 6.54 Å². The molecule has 0 radical (unpaired) electrons. The van der Waals surface area contributed by atoms with Crippen molar-refractivity contribution in [2.24, 2.45) is 5.92 Å². The summed E-state index contributed by atoms with van der Waals surface area (Å²) in [6, 6.07) is 4.35. The fraction of sp³-hybridized carbons (Fsp3) is 0.636. The highest BCUT2D eigenvalue weighted by molar-refractivity contribution is 5.05. The summed E-state index contributed by atoms with van der Waals surface area (Å²) in [5.74, 6) is 1.67. The first-order valence-corrected chi connectivity index (χ1v) is 5.06. The van der Waals surface area contributed by atoms with Crippen LogP contribution in [0.15, 0.2) is 22.8 Å². The second kappa shape index (κ2) is 5.07. The number of rotatable bonds is 5. The lowest BCUT2D eigenvalue weighted by Crippen LogP contribution is -2.26. The third-order valence-corrected chi connectivity index (χ3v) is 2.49. The van der Waals surface area contributed by atoms with E-state index in [0.717, 1.165) is 12.3 Å². The standard InChI is InChI=1S/C11H19NO/c1-4-9(3)11(12-5-2)10-7-6-8-13-10/h6-9,11-12H,4-5H2,1-3H3. The predicted molar refractivity (Wildman–Crippen MR) is 54.6 cm³/mol. The second-order valence-corrected chi connectivity index (χ2v) is 3.44. The van der Waals surface area contributed by atoms with Gasteiger partial charge in [0.05, 0.1) is 12.3 Å². The second-order valence-electron chi connectivity index (χ2n) is 3.44. The van der Waals surface area contributed by atoms with Crippen LogP contribution in [0.4, 0.5) is 0 Å². The van der Waals surface area contributed by atoms with Gasteiger partial charge in [0.1, 0.15) is 5.76 Å². The summed E-state index contributed by atoms with van der Waals surface area (Å²) in [7, 11) is 0. The lowest BCUT2D eigenvalue weighted by molar-refractivity contribution is 0.324. The zero-order valence-corrected chi connectivity index (χ0v) is 8.71. The molecule has 0 amide bonds. The van der Waals surface area contributed by atoms with Crippen molar-refractivity contribution in [1.82, 2.24) is 5.32 Å². The summed E-state index contributed by atoms with van der Waals surface area (Å²) < 4.78 is 5.41. The molecule has 0 aliphatic carbocycles. The van der Waals surface area contributed by atoms with Gasteiger partial charge in [-0.15, -0.1) is 0 Å². The van der Waals surface area contributed by atoms with Crippen LogP contribution in [-0.2, 0) is 0 Å². The molecule has 1 heterocycles. The minimum atomic E-state index is 0.366. The zero-order valence-electron chi connectivity index (χ0n) is 8.71. The predicted octanol–water partition coefficient (Wildman–Crippen LogP) is 2.98. The summed E-state index contributed by atoms with van der Waals surface area (Å²) in [6.07, 6.45) is 2.90. The molecule has 2 nitrogen and oxygen atoms in total. The molecule has 13 heavy (non-hydrogen) atoms. The largest absolute Gasteiger partial charge is 0.468 e. The molecule has 1 aromatic rings. The van der Waals surface area contributed by atoms with E-state index in [9.17, 15) is 0 Å². The van der Waals surface area contributed by atoms with E-state index in [1.54, 1.807) is 6.26 Å². The number of hydrogen-bond donors (Lipinski definition) is 1. The molecule has 1 aromatic heterocycles. The van der Waals surface area contributed by atoms with Crippen LogP contribution in [0.2, 0.25) is 0 Å². The van der Waals surface area contributed by atoms with Crippen LogP contribution in [-0.4, -0.2) is 6.54 Å². The Kier molecular flexibility index (Phi) is 4.03. The van der Waals surface area contributed by atoms with Crippen LogP contribution in [0.5, 0.6) is 0 Å². The van der Waals surface area contributed by atoms with Crippen molar-refractivity contribution >= 4 is 0 Å². The van der Waals surface area contributed by atoms with Gasteiger partial charge in [-0.1, -0.05) is 27.2 Å². The topological polar surface area (TPSA) is 25.2 Å². The van der Waals surface area contributed by atoms with Crippen molar-refractivity contribution in [1.29, 1.82) is 0 Å². The van der Waals surface area contributed by atoms with Crippen molar-refractivity contribution in [3.8, 4) is 0 Å². The maximum absolute atomic E-state index is 5.41. The average Bonchev–Trinajstić information content (AvgIpc) is 2.65. The zero-order chi connectivity index (χ0) is 9.68. The molecular formula is C11H19NO. The quantitative estimate of drug-likeness (QED) is 0.755. The van der Waals surface area contributed by atoms with Gasteiger partial charge in [-0.05, 0) is 24.6 Å². The van der Waals surface area contributed by atoms with Gasteiger partial charge in [0.2, 0.25) is 0 Å². The molecule has 74 valence electrons. The van der Waals surface area contributed by atoms with Gasteiger partial charge in [0, 0.05) is 0 Å². The van der Waals surface area contributed by atoms with Crippen molar-refractivity contribution in [3.63, 3.8) is 0 Å². The van der Waals surface area contributed by atoms with E-state index in [2.05, 4.69) is 26.1 Å². The Hall–Kier alpha value is -0.760. The van der Waals surface area contributed by atoms with Crippen LogP contribution < -0.4 is 5.32 Å². The molecule has 0 fully saturated rings. The van der Waals surface area contributed by atoms with Crippen LogP contribution in [0.3, 0.4) is 0 Å². The summed E-state index contributed by atoms with van der Waals surface area (Å²) in [5, 5.41) is 3.44. The summed E-state index contributed by atoms with van der Waals surface area (Å²) in [6.45, 7) is 7.56. The van der Waals surface area contributed by atoms with E-state index < -0.39 is 0 Å². The van der Waals surface area contributed by atoms with E-state index >= 15 is 0 Å². The normalized spacial score (nSPS) is 15.6. The van der Waals surface area contributed by atoms with Gasteiger partial charge in [-0.3, -0.25) is 0 Å². The highest BCUT2D eigenvalue weighted by atomic mass is 16.3. The van der Waals surface area contributed by atoms with Crippen LogP contribution in [0, 0.1) is 5.92 Å². The third kappa shape index (κ3) is 2.59. The van der Waals surface area contributed by atoms with Crippen molar-refractivity contribution in [3.05, 3.63) is 24.2 Å². The Morgan fingerprint density at radius 3 is 2.69 bits per heavy atom. The molecule has 1 rings (SSSR count). The highest BCUT2D eigenvalue weighted by Gasteiger charge is 2.18. The maximum Gasteiger partial charge on any atom is 0.120 e. The number of nitrogens with one attached hydrogen (secondary N) is 1. The highest BCUT2D eigenvalue weighted by Crippen LogP contribution is 2.24. The number of furan rings is 1. The van der Waals surface area contributed by atoms with Gasteiger partial charge in [0.15, 0.2) is 0 Å². The van der Waals surface area contributed by atoms with E-state index in [1.165, 1.54) is 6.42 Å². The van der Waals surface area contributed by atoms with Crippen LogP contribution >= 0.6 is 0 Å². The molecule has 0 saturated carbocycles. The van der Waals surface area contributed by atoms with E-state index in [1.807, 2.05) is 12.1 Å². The lowest BCUT2D eigenvalue weighted by atomic mass is 9.97. The Morgan fingerprint density at radius 1 is 1.46 bits per heavy atom. The van der Waals surface area contributed by atoms with Gasteiger partial charge >= 0.3 is 0 Å². The molecule has 0 saturated heterocycles. The monoisotopic (exact) mass is 181 g/mol. The maximum atomic E-state index is 5.41. The van der Waals surface area contributed by atoms with E-state index in [4.69, 9.17) is 4.42 Å². The van der Waals surface area contributed by atoms with Crippen molar-refractivity contribution in [2.45, 2.75) is 33.2 Å². The smallest absolute Gasteiger partial charge is 0.120 e. The Labute approximate surface area is 80.3 Å². The molecular weight excluding hydrogens is 162 g/mol. The first kappa shape index (κ1) is 10.3. The Bertz CT molecular complexity index is 218. The fourth-order valence-corrected chi connectivity index (χ4v) is 1.51. The Morgan fingerprint density at radius 2 is 2.23 bits per heavy atom. The molecule has 0 aromatic carbocycles. The summed E-state index contributed by atoms with van der Waals surface area (Å²) in [4.78, 5) is 0. The van der Waals surface area contributed by atoms with Gasteiger partial charge in [0.25, 0.3) is 0 Å². The third-order valence-electron chi connectivity index (χ3n) is 2.49. The Balaban J connectivity index is 2.68. The number of hydrogen-bond acceptors (Lipinski definition) is 2. The van der Waals surface area contributed by atoms with E-state index in [-0.39, 0.29) is 0 Å². The fourth-order valence-electron chi connectivity index (χ4n) is 1.51. The molecule has 1 N–H and O–H groups in total. The van der Waals surface area contributed by atoms with Crippen LogP contribution in [0.1, 0.15) is 39.0 Å². The molecule has 0 bridgehead atoms. The molecule has 2 unspecified atom stereocenters. The first-order chi connectivity index (χ1) is 6.29. The van der Waals surface area contributed by atoms with Gasteiger partial charge < -0.3 is 9.73 Å². The molecule has 0 spiro atoms. The minimum Gasteiger partial charge on any atom is -0.468 e. The molecule has 2 heteroatoms. The molecule has 0 aliphatic rings. The van der Waals surface area contributed by atoms with Crippen molar-refractivity contribution < 1.29 is 4.42 Å². The van der Waals surface area contributed by atoms with E-state index in [0.29, 0.717) is 12.0 Å². The SMILES string of the molecule is CCNC(c1ccco1)C(C)CC. The molecule has 2 atom stereocenters. The van der Waals surface area contributed by atoms with Crippen LogP contribution in [0.25, 0.3) is 0 Å². The minimum absolute atomic E-state index is 0.366. The average molecular weight is 181 g/mol. The van der Waals surface area contributed by atoms with Gasteiger partial charge in [-0.25, -0.2) is 0 Å². The van der Waals surface area contributed by atoms with Gasteiger partial charge in [-0.2, -0.15) is 0 Å². The lowest BCUT2D eigenvalue weighted by Gasteiger charge is -2.21.